The third-order valence-corrected chi connectivity index (χ3v) is 8.25. The maximum Gasteiger partial charge on any atom is 0.251 e. The number of nitrogens with one attached hydrogen (secondary N) is 3. The standard InChI is InChI=1S/C23H28N6O2S/c1-12(30)23(31)29-10-13-7-15(8-14(13)11-29)27-19-16-4-6-24-20(16)26-9-17(19)21-28-18-3-2-5-25-22(18)32-21/h4,6,9,12-15,25,30H,2-3,5,7-8,10-11H2,1H3,(H2,24,26,27)/t12-,13-,14+,15?/m0/s1. The zero-order valence-electron chi connectivity index (χ0n) is 18.1. The Labute approximate surface area is 190 Å². The first-order valence-electron chi connectivity index (χ1n) is 11.5. The molecule has 1 saturated carbocycles. The fraction of sp³-hybridized carbons (Fsp3) is 0.522. The molecular formula is C23H28N6O2S. The summed E-state index contributed by atoms with van der Waals surface area (Å²) in [5.74, 6) is 0.827. The van der Waals surface area contributed by atoms with E-state index in [1.807, 2.05) is 17.3 Å². The van der Waals surface area contributed by atoms with Gasteiger partial charge in [0, 0.05) is 43.5 Å². The number of carbonyl (C=O) groups is 1. The second kappa shape index (κ2) is 7.74. The number of nitrogens with zero attached hydrogens (tertiary/aromatic N) is 3. The largest absolute Gasteiger partial charge is 0.384 e. The molecule has 2 aliphatic heterocycles. The molecule has 9 heteroatoms. The SMILES string of the molecule is C[C@H](O)C(=O)N1C[C@H]2CC(Nc3c(-c4nc5c(s4)NCCC5)cnc4[nH]ccc34)C[C@H]2C1. The molecule has 0 aromatic carbocycles. The Balaban J connectivity index is 1.27. The second-order valence-corrected chi connectivity index (χ2v) is 10.4. The number of aromatic amines is 1. The molecule has 3 aromatic heterocycles. The molecule has 1 aliphatic carbocycles. The number of hydrogen-bond donors (Lipinski definition) is 4. The van der Waals surface area contributed by atoms with Crippen molar-refractivity contribution >= 4 is 39.0 Å². The van der Waals surface area contributed by atoms with E-state index >= 15 is 0 Å². The van der Waals surface area contributed by atoms with Gasteiger partial charge in [0.05, 0.1) is 16.9 Å². The molecular weight excluding hydrogens is 424 g/mol. The molecule has 3 aromatic rings. The number of aliphatic hydroxyl groups excluding tert-OH is 1. The van der Waals surface area contributed by atoms with Gasteiger partial charge in [-0.3, -0.25) is 4.79 Å². The van der Waals surface area contributed by atoms with Gasteiger partial charge in [0.25, 0.3) is 5.91 Å². The van der Waals surface area contributed by atoms with Gasteiger partial charge in [-0.05, 0) is 50.5 Å². The number of thiazole rings is 1. The van der Waals surface area contributed by atoms with Crippen LogP contribution in [-0.2, 0) is 11.2 Å². The number of fused-ring (bicyclic) bond motifs is 3. The van der Waals surface area contributed by atoms with E-state index in [9.17, 15) is 9.90 Å². The van der Waals surface area contributed by atoms with Crippen LogP contribution in [0.4, 0.5) is 10.7 Å². The lowest BCUT2D eigenvalue weighted by Crippen LogP contribution is -2.37. The molecule has 6 rings (SSSR count). The number of H-pyrrole nitrogens is 1. The molecule has 0 bridgehead atoms. The Kier molecular flexibility index (Phi) is 4.83. The van der Waals surface area contributed by atoms with Gasteiger partial charge in [0.2, 0.25) is 0 Å². The first-order chi connectivity index (χ1) is 15.6. The van der Waals surface area contributed by atoms with Gasteiger partial charge in [-0.25, -0.2) is 9.97 Å². The maximum absolute atomic E-state index is 12.2. The topological polar surface area (TPSA) is 106 Å². The number of anilines is 2. The fourth-order valence-corrected chi connectivity index (χ4v) is 6.68. The lowest BCUT2D eigenvalue weighted by molar-refractivity contribution is -0.138. The van der Waals surface area contributed by atoms with Gasteiger partial charge in [0.1, 0.15) is 21.8 Å². The molecule has 4 atom stereocenters. The molecule has 3 aliphatic rings. The Morgan fingerprint density at radius 1 is 1.34 bits per heavy atom. The fourth-order valence-electron chi connectivity index (χ4n) is 5.62. The molecule has 2 fully saturated rings. The molecule has 1 amide bonds. The summed E-state index contributed by atoms with van der Waals surface area (Å²) < 4.78 is 0. The molecule has 168 valence electrons. The monoisotopic (exact) mass is 452 g/mol. The van der Waals surface area contributed by atoms with E-state index < -0.39 is 6.10 Å². The first-order valence-corrected chi connectivity index (χ1v) is 12.3. The van der Waals surface area contributed by atoms with Crippen LogP contribution in [0.3, 0.4) is 0 Å². The summed E-state index contributed by atoms with van der Waals surface area (Å²) >= 11 is 1.71. The summed E-state index contributed by atoms with van der Waals surface area (Å²) in [4.78, 5) is 26.9. The van der Waals surface area contributed by atoms with Crippen LogP contribution in [0.2, 0.25) is 0 Å². The lowest BCUT2D eigenvalue weighted by atomic mass is 10.0. The minimum absolute atomic E-state index is 0.143. The summed E-state index contributed by atoms with van der Waals surface area (Å²) in [5.41, 5.74) is 4.20. The van der Waals surface area contributed by atoms with Crippen LogP contribution in [0.1, 0.15) is 31.9 Å². The van der Waals surface area contributed by atoms with Crippen molar-refractivity contribution in [1.82, 2.24) is 19.9 Å². The molecule has 32 heavy (non-hydrogen) atoms. The highest BCUT2D eigenvalue weighted by Gasteiger charge is 2.43. The summed E-state index contributed by atoms with van der Waals surface area (Å²) in [6, 6.07) is 2.43. The lowest BCUT2D eigenvalue weighted by Gasteiger charge is -2.22. The highest BCUT2D eigenvalue weighted by atomic mass is 32.1. The molecule has 5 heterocycles. The van der Waals surface area contributed by atoms with E-state index in [2.05, 4.69) is 26.7 Å². The van der Waals surface area contributed by atoms with E-state index in [0.717, 1.165) is 78.3 Å². The van der Waals surface area contributed by atoms with Crippen molar-refractivity contribution in [2.24, 2.45) is 11.8 Å². The predicted octanol–water partition coefficient (Wildman–Crippen LogP) is 3.07. The highest BCUT2D eigenvalue weighted by molar-refractivity contribution is 7.19. The van der Waals surface area contributed by atoms with Gasteiger partial charge in [-0.15, -0.1) is 0 Å². The summed E-state index contributed by atoms with van der Waals surface area (Å²) in [6.45, 7) is 4.06. The van der Waals surface area contributed by atoms with Crippen LogP contribution in [0.25, 0.3) is 21.6 Å². The van der Waals surface area contributed by atoms with Crippen molar-refractivity contribution in [3.05, 3.63) is 24.2 Å². The van der Waals surface area contributed by atoms with Gasteiger partial charge >= 0.3 is 0 Å². The number of carbonyl (C=O) groups excluding carboxylic acids is 1. The number of hydrogen-bond acceptors (Lipinski definition) is 7. The number of aliphatic hydroxyl groups is 1. The summed E-state index contributed by atoms with van der Waals surface area (Å²) in [5, 5.41) is 20.3. The van der Waals surface area contributed by atoms with Gasteiger partial charge in [-0.2, -0.15) is 0 Å². The number of amides is 1. The predicted molar refractivity (Wildman–Crippen MR) is 126 cm³/mol. The van der Waals surface area contributed by atoms with Crippen LogP contribution in [0.5, 0.6) is 0 Å². The Bertz CT molecular complexity index is 1130. The van der Waals surface area contributed by atoms with E-state index in [4.69, 9.17) is 4.98 Å². The number of aryl methyl sites for hydroxylation is 1. The average molecular weight is 453 g/mol. The number of likely N-dealkylation sites (tertiary alicyclic amines) is 1. The average Bonchev–Trinajstić information content (AvgIpc) is 3.54. The zero-order valence-corrected chi connectivity index (χ0v) is 18.9. The molecule has 1 unspecified atom stereocenters. The molecule has 4 N–H and O–H groups in total. The van der Waals surface area contributed by atoms with Crippen LogP contribution in [0, 0.1) is 11.8 Å². The summed E-state index contributed by atoms with van der Waals surface area (Å²) in [6.07, 6.45) is 7.15. The smallest absolute Gasteiger partial charge is 0.251 e. The third-order valence-electron chi connectivity index (χ3n) is 7.16. The van der Waals surface area contributed by atoms with Crippen molar-refractivity contribution in [3.8, 4) is 10.6 Å². The third kappa shape index (κ3) is 3.34. The number of rotatable bonds is 4. The van der Waals surface area contributed by atoms with Crippen molar-refractivity contribution in [1.29, 1.82) is 0 Å². The van der Waals surface area contributed by atoms with Gasteiger partial charge in [-0.1, -0.05) is 11.3 Å². The van der Waals surface area contributed by atoms with Crippen LogP contribution in [0.15, 0.2) is 18.5 Å². The van der Waals surface area contributed by atoms with E-state index in [0.29, 0.717) is 17.9 Å². The normalized spacial score (nSPS) is 25.4. The van der Waals surface area contributed by atoms with E-state index in [-0.39, 0.29) is 5.91 Å². The van der Waals surface area contributed by atoms with Gasteiger partial charge < -0.3 is 25.6 Å². The van der Waals surface area contributed by atoms with Crippen molar-refractivity contribution < 1.29 is 9.90 Å². The summed E-state index contributed by atoms with van der Waals surface area (Å²) in [7, 11) is 0. The molecule has 0 spiro atoms. The molecule has 0 radical (unpaired) electrons. The van der Waals surface area contributed by atoms with Crippen molar-refractivity contribution in [2.75, 3.05) is 30.3 Å². The number of pyridine rings is 1. The Morgan fingerprint density at radius 3 is 2.91 bits per heavy atom. The second-order valence-electron chi connectivity index (χ2n) is 9.36. The number of aromatic nitrogens is 3. The van der Waals surface area contributed by atoms with Crippen molar-refractivity contribution in [3.63, 3.8) is 0 Å². The molecule has 8 nitrogen and oxygen atoms in total. The highest BCUT2D eigenvalue weighted by Crippen LogP contribution is 2.43. The Morgan fingerprint density at radius 2 is 2.16 bits per heavy atom. The van der Waals surface area contributed by atoms with Crippen LogP contribution < -0.4 is 10.6 Å². The quantitative estimate of drug-likeness (QED) is 0.485. The van der Waals surface area contributed by atoms with E-state index in [1.54, 1.807) is 18.3 Å². The van der Waals surface area contributed by atoms with Crippen LogP contribution in [-0.4, -0.2) is 62.6 Å². The maximum atomic E-state index is 12.2. The van der Waals surface area contributed by atoms with Crippen LogP contribution >= 0.6 is 11.3 Å². The molecule has 1 saturated heterocycles. The van der Waals surface area contributed by atoms with Gasteiger partial charge in [0.15, 0.2) is 0 Å². The van der Waals surface area contributed by atoms with E-state index in [1.165, 1.54) is 5.00 Å². The minimum Gasteiger partial charge on any atom is -0.384 e. The van der Waals surface area contributed by atoms with Crippen molar-refractivity contribution in [2.45, 2.75) is 44.8 Å². The first kappa shape index (κ1) is 20.0. The Hall–Kier alpha value is -2.65. The zero-order chi connectivity index (χ0) is 21.8. The minimum atomic E-state index is -0.914.